The van der Waals surface area contributed by atoms with Crippen LogP contribution in [-0.4, -0.2) is 16.1 Å². The van der Waals surface area contributed by atoms with Crippen molar-refractivity contribution in [2.45, 2.75) is 6.43 Å². The number of carboxylic acid groups (broad SMARTS) is 1. The number of hydrogen-bond donors (Lipinski definition) is 1. The Labute approximate surface area is 91.3 Å². The van der Waals surface area contributed by atoms with E-state index in [9.17, 15) is 13.6 Å². The first kappa shape index (κ1) is 11.5. The molecule has 0 aliphatic heterocycles. The fourth-order valence-electron chi connectivity index (χ4n) is 0.909. The first-order valence-electron chi connectivity index (χ1n) is 3.59. The van der Waals surface area contributed by atoms with Crippen LogP contribution in [0, 0.1) is 11.3 Å². The molecule has 0 amide bonds. The van der Waals surface area contributed by atoms with E-state index in [4.69, 9.17) is 10.4 Å². The van der Waals surface area contributed by atoms with E-state index in [1.54, 1.807) is 0 Å². The molecule has 0 unspecified atom stereocenters. The van der Waals surface area contributed by atoms with Crippen LogP contribution in [0.1, 0.15) is 28.2 Å². The van der Waals surface area contributed by atoms with Gasteiger partial charge in [-0.25, -0.2) is 18.6 Å². The van der Waals surface area contributed by atoms with Gasteiger partial charge in [-0.05, 0) is 22.0 Å². The van der Waals surface area contributed by atoms with Crippen molar-refractivity contribution in [3.8, 4) is 6.07 Å². The first-order chi connectivity index (χ1) is 6.97. The molecule has 78 valence electrons. The molecule has 0 aliphatic carbocycles. The normalized spacial score (nSPS) is 10.1. The van der Waals surface area contributed by atoms with E-state index in [-0.39, 0.29) is 10.0 Å². The molecule has 0 saturated heterocycles. The molecule has 0 aliphatic rings. The minimum absolute atomic E-state index is 0.00375. The summed E-state index contributed by atoms with van der Waals surface area (Å²) >= 11 is 2.83. The highest BCUT2D eigenvalue weighted by atomic mass is 79.9. The van der Waals surface area contributed by atoms with Crippen molar-refractivity contribution in [1.29, 1.82) is 5.26 Å². The molecule has 1 aromatic rings. The summed E-state index contributed by atoms with van der Waals surface area (Å²) in [4.78, 5) is 13.8. The molecule has 0 spiro atoms. The molecule has 1 rings (SSSR count). The molecule has 1 N–H and O–H groups in total. The van der Waals surface area contributed by atoms with E-state index in [1.807, 2.05) is 0 Å². The summed E-state index contributed by atoms with van der Waals surface area (Å²) in [5.74, 6) is -1.44. The standard InChI is InChI=1S/C8H3BrF2N2O2/c9-4-1-3(2-12)5(7(10)11)13-6(4)8(14)15/h1,7H,(H,14,15). The molecule has 4 nitrogen and oxygen atoms in total. The van der Waals surface area contributed by atoms with E-state index in [1.165, 1.54) is 6.07 Å². The van der Waals surface area contributed by atoms with Crippen LogP contribution in [-0.2, 0) is 0 Å². The van der Waals surface area contributed by atoms with E-state index >= 15 is 0 Å². The van der Waals surface area contributed by atoms with Crippen LogP contribution in [0.4, 0.5) is 8.78 Å². The van der Waals surface area contributed by atoms with E-state index in [0.717, 1.165) is 6.07 Å². The Kier molecular flexibility index (Phi) is 3.31. The average molecular weight is 277 g/mol. The maximum atomic E-state index is 12.4. The van der Waals surface area contributed by atoms with E-state index < -0.39 is 23.8 Å². The van der Waals surface area contributed by atoms with Crippen LogP contribution in [0.15, 0.2) is 10.5 Å². The summed E-state index contributed by atoms with van der Waals surface area (Å²) in [6, 6.07) is 2.53. The number of nitriles is 1. The number of pyridine rings is 1. The molecule has 0 fully saturated rings. The number of aromatic nitrogens is 1. The van der Waals surface area contributed by atoms with Crippen molar-refractivity contribution < 1.29 is 18.7 Å². The number of alkyl halides is 2. The highest BCUT2D eigenvalue weighted by Gasteiger charge is 2.20. The fraction of sp³-hybridized carbons (Fsp3) is 0.125. The van der Waals surface area contributed by atoms with Gasteiger partial charge in [0.1, 0.15) is 11.8 Å². The Morgan fingerprint density at radius 1 is 1.67 bits per heavy atom. The zero-order valence-electron chi connectivity index (χ0n) is 7.04. The number of nitrogens with zero attached hydrogens (tertiary/aromatic N) is 2. The molecule has 0 radical (unpaired) electrons. The van der Waals surface area contributed by atoms with Crippen LogP contribution in [0.3, 0.4) is 0 Å². The van der Waals surface area contributed by atoms with Crippen molar-refractivity contribution in [3.63, 3.8) is 0 Å². The predicted octanol–water partition coefficient (Wildman–Crippen LogP) is 2.35. The molecule has 0 atom stereocenters. The van der Waals surface area contributed by atoms with Gasteiger partial charge in [0.15, 0.2) is 5.69 Å². The van der Waals surface area contributed by atoms with Crippen LogP contribution >= 0.6 is 15.9 Å². The topological polar surface area (TPSA) is 74.0 Å². The number of hydrogen-bond acceptors (Lipinski definition) is 3. The Hall–Kier alpha value is -1.55. The average Bonchev–Trinajstić information content (AvgIpc) is 2.16. The molecule has 15 heavy (non-hydrogen) atoms. The van der Waals surface area contributed by atoms with Crippen molar-refractivity contribution in [1.82, 2.24) is 4.98 Å². The summed E-state index contributed by atoms with van der Waals surface area (Å²) in [5, 5.41) is 17.1. The Balaban J connectivity index is 3.45. The fourth-order valence-corrected chi connectivity index (χ4v) is 1.40. The summed E-state index contributed by atoms with van der Waals surface area (Å²) in [5.41, 5.74) is -1.70. The number of carbonyl (C=O) groups is 1. The third-order valence-electron chi connectivity index (χ3n) is 1.54. The van der Waals surface area contributed by atoms with Crippen LogP contribution in [0.25, 0.3) is 0 Å². The van der Waals surface area contributed by atoms with Gasteiger partial charge in [0.05, 0.1) is 10.0 Å². The smallest absolute Gasteiger partial charge is 0.355 e. The van der Waals surface area contributed by atoms with Gasteiger partial charge in [0.25, 0.3) is 6.43 Å². The predicted molar refractivity (Wildman–Crippen MR) is 48.6 cm³/mol. The quantitative estimate of drug-likeness (QED) is 0.900. The molecular weight excluding hydrogens is 274 g/mol. The maximum absolute atomic E-state index is 12.4. The van der Waals surface area contributed by atoms with E-state index in [0.29, 0.717) is 0 Å². The summed E-state index contributed by atoms with van der Waals surface area (Å²) in [6.45, 7) is 0. The zero-order valence-corrected chi connectivity index (χ0v) is 8.62. The van der Waals surface area contributed by atoms with Crippen LogP contribution in [0.2, 0.25) is 0 Å². The highest BCUT2D eigenvalue weighted by molar-refractivity contribution is 9.10. The number of carboxylic acids is 1. The maximum Gasteiger partial charge on any atom is 0.355 e. The van der Waals surface area contributed by atoms with Crippen molar-refractivity contribution in [3.05, 3.63) is 27.5 Å². The Morgan fingerprint density at radius 3 is 2.67 bits per heavy atom. The number of aromatic carboxylic acids is 1. The lowest BCUT2D eigenvalue weighted by Crippen LogP contribution is -2.06. The van der Waals surface area contributed by atoms with Gasteiger partial charge in [-0.3, -0.25) is 0 Å². The van der Waals surface area contributed by atoms with Gasteiger partial charge in [0.2, 0.25) is 0 Å². The molecule has 1 aromatic heterocycles. The summed E-state index contributed by atoms with van der Waals surface area (Å²) < 4.78 is 24.7. The molecule has 1 heterocycles. The second-order valence-corrected chi connectivity index (χ2v) is 3.32. The minimum Gasteiger partial charge on any atom is -0.476 e. The Bertz CT molecular complexity index is 457. The van der Waals surface area contributed by atoms with Crippen molar-refractivity contribution >= 4 is 21.9 Å². The first-order valence-corrected chi connectivity index (χ1v) is 4.38. The lowest BCUT2D eigenvalue weighted by Gasteiger charge is -2.04. The van der Waals surface area contributed by atoms with E-state index in [2.05, 4.69) is 20.9 Å². The summed E-state index contributed by atoms with van der Waals surface area (Å²) in [7, 11) is 0. The molecule has 0 aromatic carbocycles. The van der Waals surface area contributed by atoms with Crippen molar-refractivity contribution in [2.24, 2.45) is 0 Å². The molecular formula is C8H3BrF2N2O2. The van der Waals surface area contributed by atoms with Gasteiger partial charge in [0, 0.05) is 0 Å². The van der Waals surface area contributed by atoms with Crippen molar-refractivity contribution in [2.75, 3.05) is 0 Å². The Morgan fingerprint density at radius 2 is 2.27 bits per heavy atom. The molecule has 0 saturated carbocycles. The molecule has 7 heteroatoms. The lowest BCUT2D eigenvalue weighted by atomic mass is 10.2. The zero-order chi connectivity index (χ0) is 11.6. The number of halogens is 3. The second kappa shape index (κ2) is 4.31. The largest absolute Gasteiger partial charge is 0.476 e. The monoisotopic (exact) mass is 276 g/mol. The van der Waals surface area contributed by atoms with Gasteiger partial charge >= 0.3 is 5.97 Å². The van der Waals surface area contributed by atoms with Gasteiger partial charge < -0.3 is 5.11 Å². The third kappa shape index (κ3) is 2.27. The van der Waals surface area contributed by atoms with Gasteiger partial charge in [-0.1, -0.05) is 0 Å². The molecule has 0 bridgehead atoms. The SMILES string of the molecule is N#Cc1cc(Br)c(C(=O)O)nc1C(F)F. The summed E-state index contributed by atoms with van der Waals surface area (Å²) in [6.07, 6.45) is -2.98. The second-order valence-electron chi connectivity index (χ2n) is 2.47. The van der Waals surface area contributed by atoms with Gasteiger partial charge in [-0.2, -0.15) is 5.26 Å². The van der Waals surface area contributed by atoms with Crippen LogP contribution in [0.5, 0.6) is 0 Å². The lowest BCUT2D eigenvalue weighted by molar-refractivity contribution is 0.0687. The number of rotatable bonds is 2. The minimum atomic E-state index is -2.98. The highest BCUT2D eigenvalue weighted by Crippen LogP contribution is 2.25. The van der Waals surface area contributed by atoms with Crippen LogP contribution < -0.4 is 0 Å². The third-order valence-corrected chi connectivity index (χ3v) is 2.14. The van der Waals surface area contributed by atoms with Gasteiger partial charge in [-0.15, -0.1) is 0 Å².